The van der Waals surface area contributed by atoms with Crippen LogP contribution >= 0.6 is 23.2 Å². The number of halogens is 2. The second-order valence-electron chi connectivity index (χ2n) is 3.83. The summed E-state index contributed by atoms with van der Waals surface area (Å²) < 4.78 is 0. The first kappa shape index (κ1) is 14.2. The van der Waals surface area contributed by atoms with E-state index >= 15 is 0 Å². The Labute approximate surface area is 109 Å². The third-order valence-electron chi connectivity index (χ3n) is 2.04. The van der Waals surface area contributed by atoms with Crippen LogP contribution in [0.25, 0.3) is 0 Å². The average Bonchev–Trinajstić information content (AvgIpc) is 2.20. The molecule has 1 heterocycles. The number of hydrogen-bond donors (Lipinski definition) is 2. The number of hydrogen-bond acceptors (Lipinski definition) is 4. The van der Waals surface area contributed by atoms with Crippen molar-refractivity contribution in [3.05, 3.63) is 21.9 Å². The zero-order chi connectivity index (χ0) is 13.0. The van der Waals surface area contributed by atoms with E-state index in [1.807, 2.05) is 0 Å². The molecular weight excluding hydrogens is 265 g/mol. The number of nitrogens with zero attached hydrogens (tertiary/aromatic N) is 2. The maximum absolute atomic E-state index is 11.8. The van der Waals surface area contributed by atoms with Gasteiger partial charge in [0, 0.05) is 6.04 Å². The maximum atomic E-state index is 11.8. The topological polar surface area (TPSA) is 75.1 Å². The molecule has 0 radical (unpaired) electrons. The van der Waals surface area contributed by atoms with Gasteiger partial charge in [0.1, 0.15) is 0 Å². The van der Waals surface area contributed by atoms with Gasteiger partial charge in [-0.15, -0.1) is 10.2 Å². The van der Waals surface area contributed by atoms with Crippen molar-refractivity contribution in [3.63, 3.8) is 0 Å². The minimum Gasteiger partial charge on any atom is -0.393 e. The van der Waals surface area contributed by atoms with Crippen molar-refractivity contribution in [3.8, 4) is 0 Å². The molecule has 1 aromatic rings. The number of aliphatic hydroxyl groups is 1. The molecule has 0 saturated carbocycles. The van der Waals surface area contributed by atoms with Gasteiger partial charge in [-0.25, -0.2) is 0 Å². The Hall–Kier alpha value is -0.910. The molecule has 0 aliphatic heterocycles. The molecule has 0 saturated heterocycles. The number of aliphatic hydroxyl groups excluding tert-OH is 1. The zero-order valence-corrected chi connectivity index (χ0v) is 11.0. The number of rotatable bonds is 4. The van der Waals surface area contributed by atoms with Crippen LogP contribution in [0.4, 0.5) is 0 Å². The van der Waals surface area contributed by atoms with Crippen molar-refractivity contribution in [2.45, 2.75) is 32.4 Å². The van der Waals surface area contributed by atoms with E-state index in [-0.39, 0.29) is 27.8 Å². The van der Waals surface area contributed by atoms with Crippen LogP contribution in [0.1, 0.15) is 30.6 Å². The fourth-order valence-electron chi connectivity index (χ4n) is 1.38. The maximum Gasteiger partial charge on any atom is 0.254 e. The van der Waals surface area contributed by atoms with Crippen LogP contribution in [-0.4, -0.2) is 33.4 Å². The SMILES string of the molecule is CC(O)CC(C)NC(=O)c1cc(Cl)nnc1Cl. The largest absolute Gasteiger partial charge is 0.393 e. The van der Waals surface area contributed by atoms with Crippen molar-refractivity contribution in [2.24, 2.45) is 0 Å². The monoisotopic (exact) mass is 277 g/mol. The molecule has 1 aromatic heterocycles. The first-order valence-electron chi connectivity index (χ1n) is 5.07. The molecule has 0 aliphatic carbocycles. The molecular formula is C10H13Cl2N3O2. The van der Waals surface area contributed by atoms with E-state index in [9.17, 15) is 9.90 Å². The highest BCUT2D eigenvalue weighted by molar-refractivity contribution is 6.34. The van der Waals surface area contributed by atoms with E-state index < -0.39 is 6.10 Å². The molecule has 2 N–H and O–H groups in total. The number of amides is 1. The smallest absolute Gasteiger partial charge is 0.254 e. The molecule has 94 valence electrons. The summed E-state index contributed by atoms with van der Waals surface area (Å²) in [6.45, 7) is 3.44. The lowest BCUT2D eigenvalue weighted by Gasteiger charge is -2.15. The van der Waals surface area contributed by atoms with Crippen molar-refractivity contribution in [1.82, 2.24) is 15.5 Å². The van der Waals surface area contributed by atoms with Crippen molar-refractivity contribution < 1.29 is 9.90 Å². The first-order chi connectivity index (χ1) is 7.90. The molecule has 0 spiro atoms. The summed E-state index contributed by atoms with van der Waals surface area (Å²) in [4.78, 5) is 11.8. The van der Waals surface area contributed by atoms with E-state index in [4.69, 9.17) is 23.2 Å². The molecule has 17 heavy (non-hydrogen) atoms. The van der Waals surface area contributed by atoms with Gasteiger partial charge in [0.05, 0.1) is 11.7 Å². The van der Waals surface area contributed by atoms with Gasteiger partial charge in [-0.1, -0.05) is 23.2 Å². The number of carbonyl (C=O) groups is 1. The lowest BCUT2D eigenvalue weighted by molar-refractivity contribution is 0.0922. The van der Waals surface area contributed by atoms with Crippen LogP contribution in [0.5, 0.6) is 0 Å². The molecule has 0 aliphatic rings. The predicted molar refractivity (Wildman–Crippen MR) is 65.3 cm³/mol. The summed E-state index contributed by atoms with van der Waals surface area (Å²) in [6.07, 6.45) is -0.0322. The summed E-state index contributed by atoms with van der Waals surface area (Å²) in [5.74, 6) is -0.389. The summed E-state index contributed by atoms with van der Waals surface area (Å²) in [5.41, 5.74) is 0.170. The first-order valence-corrected chi connectivity index (χ1v) is 5.83. The minimum atomic E-state index is -0.486. The summed E-state index contributed by atoms with van der Waals surface area (Å²) >= 11 is 11.4. The number of aromatic nitrogens is 2. The molecule has 2 atom stereocenters. The van der Waals surface area contributed by atoms with Crippen molar-refractivity contribution in [1.29, 1.82) is 0 Å². The predicted octanol–water partition coefficient (Wildman–Crippen LogP) is 1.67. The highest BCUT2D eigenvalue weighted by Crippen LogP contribution is 2.15. The molecule has 0 aromatic carbocycles. The van der Waals surface area contributed by atoms with Gasteiger partial charge in [0.2, 0.25) is 0 Å². The van der Waals surface area contributed by atoms with E-state index in [2.05, 4.69) is 15.5 Å². The lowest BCUT2D eigenvalue weighted by Crippen LogP contribution is -2.34. The molecule has 7 heteroatoms. The van der Waals surface area contributed by atoms with Crippen LogP contribution < -0.4 is 5.32 Å². The average molecular weight is 278 g/mol. The van der Waals surface area contributed by atoms with Gasteiger partial charge in [-0.05, 0) is 26.3 Å². The van der Waals surface area contributed by atoms with Gasteiger partial charge in [0.15, 0.2) is 10.3 Å². The van der Waals surface area contributed by atoms with Gasteiger partial charge in [-0.3, -0.25) is 4.79 Å². The van der Waals surface area contributed by atoms with E-state index in [0.717, 1.165) is 0 Å². The Balaban J connectivity index is 2.73. The van der Waals surface area contributed by atoms with Gasteiger partial charge in [0.25, 0.3) is 5.91 Å². The Morgan fingerprint density at radius 2 is 2.12 bits per heavy atom. The Kier molecular flexibility index (Phi) is 5.11. The van der Waals surface area contributed by atoms with Crippen LogP contribution in [0.2, 0.25) is 10.3 Å². The third kappa shape index (κ3) is 4.46. The van der Waals surface area contributed by atoms with Crippen LogP contribution in [0.3, 0.4) is 0 Å². The van der Waals surface area contributed by atoms with Gasteiger partial charge >= 0.3 is 0 Å². The molecule has 0 bridgehead atoms. The third-order valence-corrected chi connectivity index (χ3v) is 2.50. The fourth-order valence-corrected chi connectivity index (χ4v) is 1.71. The van der Waals surface area contributed by atoms with E-state index in [1.165, 1.54) is 6.07 Å². The lowest BCUT2D eigenvalue weighted by atomic mass is 10.1. The normalized spacial score (nSPS) is 14.2. The summed E-state index contributed by atoms with van der Waals surface area (Å²) in [7, 11) is 0. The highest BCUT2D eigenvalue weighted by Gasteiger charge is 2.16. The second-order valence-corrected chi connectivity index (χ2v) is 4.58. The number of nitrogens with one attached hydrogen (secondary N) is 1. The molecule has 5 nitrogen and oxygen atoms in total. The van der Waals surface area contributed by atoms with Crippen LogP contribution in [0, 0.1) is 0 Å². The number of carbonyl (C=O) groups excluding carboxylic acids is 1. The molecule has 2 unspecified atom stereocenters. The van der Waals surface area contributed by atoms with Crippen LogP contribution in [-0.2, 0) is 0 Å². The Morgan fingerprint density at radius 1 is 1.47 bits per heavy atom. The van der Waals surface area contributed by atoms with E-state index in [1.54, 1.807) is 13.8 Å². The minimum absolute atomic E-state index is 0.00357. The Morgan fingerprint density at radius 3 is 2.71 bits per heavy atom. The quantitative estimate of drug-likeness (QED) is 0.878. The van der Waals surface area contributed by atoms with Gasteiger partial charge < -0.3 is 10.4 Å². The molecule has 1 rings (SSSR count). The highest BCUT2D eigenvalue weighted by atomic mass is 35.5. The van der Waals surface area contributed by atoms with Gasteiger partial charge in [-0.2, -0.15) is 0 Å². The second kappa shape index (κ2) is 6.14. The zero-order valence-electron chi connectivity index (χ0n) is 9.44. The van der Waals surface area contributed by atoms with E-state index in [0.29, 0.717) is 6.42 Å². The summed E-state index contributed by atoms with van der Waals surface area (Å²) in [5, 5.41) is 19.0. The van der Waals surface area contributed by atoms with Crippen LogP contribution in [0.15, 0.2) is 6.07 Å². The Bertz CT molecular complexity index is 413. The van der Waals surface area contributed by atoms with Crippen molar-refractivity contribution in [2.75, 3.05) is 0 Å². The van der Waals surface area contributed by atoms with Crippen molar-refractivity contribution >= 4 is 29.1 Å². The fraction of sp³-hybridized carbons (Fsp3) is 0.500. The molecule has 1 amide bonds. The standard InChI is InChI=1S/C10H13Cl2N3O2/c1-5(3-6(2)16)13-10(17)7-4-8(11)14-15-9(7)12/h4-6,16H,3H2,1-2H3,(H,13,17). The molecule has 0 fully saturated rings. The summed E-state index contributed by atoms with van der Waals surface area (Å²) in [6, 6.07) is 1.17.